The number of benzene rings is 3. The third-order valence-corrected chi connectivity index (χ3v) is 7.29. The van der Waals surface area contributed by atoms with Crippen molar-refractivity contribution in [2.24, 2.45) is 0 Å². The number of hydrogen-bond donors (Lipinski definition) is 1. The Morgan fingerprint density at radius 1 is 1.00 bits per heavy atom. The summed E-state index contributed by atoms with van der Waals surface area (Å²) in [5.41, 5.74) is 3.92. The van der Waals surface area contributed by atoms with E-state index in [2.05, 4.69) is 9.71 Å². The lowest BCUT2D eigenvalue weighted by molar-refractivity contribution is 0.0467. The molecule has 4 aromatic rings. The van der Waals surface area contributed by atoms with Crippen LogP contribution in [0.15, 0.2) is 83.1 Å². The molecule has 0 spiro atoms. The zero-order valence-corrected chi connectivity index (χ0v) is 19.7. The Bertz CT molecular complexity index is 1380. The second kappa shape index (κ2) is 9.56. The molecule has 0 saturated carbocycles. The summed E-state index contributed by atoms with van der Waals surface area (Å²) in [6.07, 6.45) is 0. The lowest BCUT2D eigenvalue weighted by Gasteiger charge is -2.11. The smallest absolute Gasteiger partial charge is 0.338 e. The summed E-state index contributed by atoms with van der Waals surface area (Å²) < 4.78 is 33.6. The summed E-state index contributed by atoms with van der Waals surface area (Å²) in [4.78, 5) is 17.2. The molecule has 8 heteroatoms. The van der Waals surface area contributed by atoms with E-state index in [4.69, 9.17) is 4.74 Å². The van der Waals surface area contributed by atoms with Crippen LogP contribution in [0.5, 0.6) is 0 Å². The second-order valence-corrected chi connectivity index (χ2v) is 10.1. The first kappa shape index (κ1) is 22.7. The van der Waals surface area contributed by atoms with Crippen LogP contribution in [0.1, 0.15) is 27.2 Å². The molecule has 0 fully saturated rings. The number of nitrogens with zero attached hydrogens (tertiary/aromatic N) is 1. The van der Waals surface area contributed by atoms with Crippen molar-refractivity contribution in [3.8, 4) is 10.6 Å². The fraction of sp³-hybridized carbons (Fsp3) is 0.120. The lowest BCUT2D eigenvalue weighted by atomic mass is 10.1. The van der Waals surface area contributed by atoms with Gasteiger partial charge >= 0.3 is 5.97 Å². The first-order chi connectivity index (χ1) is 15.8. The van der Waals surface area contributed by atoms with Gasteiger partial charge in [-0.2, -0.15) is 0 Å². The van der Waals surface area contributed by atoms with Crippen LogP contribution in [-0.2, 0) is 21.4 Å². The summed E-state index contributed by atoms with van der Waals surface area (Å²) in [6, 6.07) is 21.2. The predicted octanol–water partition coefficient (Wildman–Crippen LogP) is 5.58. The van der Waals surface area contributed by atoms with Gasteiger partial charge in [0.05, 0.1) is 16.2 Å². The maximum atomic E-state index is 12.8. The van der Waals surface area contributed by atoms with Crippen LogP contribution in [0.3, 0.4) is 0 Å². The maximum Gasteiger partial charge on any atom is 0.338 e. The fourth-order valence-corrected chi connectivity index (χ4v) is 5.02. The number of anilines is 1. The second-order valence-electron chi connectivity index (χ2n) is 7.53. The van der Waals surface area contributed by atoms with Gasteiger partial charge in [-0.25, -0.2) is 18.2 Å². The molecule has 1 aromatic heterocycles. The molecule has 3 aromatic carbocycles. The van der Waals surface area contributed by atoms with Crippen molar-refractivity contribution in [3.05, 3.63) is 101 Å². The molecular formula is C25H22N2O4S2. The van der Waals surface area contributed by atoms with Gasteiger partial charge < -0.3 is 4.74 Å². The van der Waals surface area contributed by atoms with E-state index in [0.717, 1.165) is 16.1 Å². The van der Waals surface area contributed by atoms with E-state index < -0.39 is 16.0 Å². The van der Waals surface area contributed by atoms with Gasteiger partial charge in [-0.3, -0.25) is 4.72 Å². The molecule has 0 aliphatic carbocycles. The maximum absolute atomic E-state index is 12.8. The highest BCUT2D eigenvalue weighted by atomic mass is 32.2. The van der Waals surface area contributed by atoms with E-state index in [0.29, 0.717) is 16.9 Å². The molecule has 0 atom stereocenters. The van der Waals surface area contributed by atoms with E-state index in [-0.39, 0.29) is 17.1 Å². The van der Waals surface area contributed by atoms with Gasteiger partial charge in [0.1, 0.15) is 11.6 Å². The van der Waals surface area contributed by atoms with E-state index in [1.54, 1.807) is 25.1 Å². The Morgan fingerprint density at radius 2 is 1.73 bits per heavy atom. The van der Waals surface area contributed by atoms with Gasteiger partial charge in [0.25, 0.3) is 10.0 Å². The molecule has 168 valence electrons. The van der Waals surface area contributed by atoms with Crippen molar-refractivity contribution in [2.75, 3.05) is 4.72 Å². The van der Waals surface area contributed by atoms with Crippen LogP contribution in [0, 0.1) is 13.8 Å². The number of aryl methyl sites for hydroxylation is 2. The monoisotopic (exact) mass is 478 g/mol. The zero-order chi connectivity index (χ0) is 23.4. The average Bonchev–Trinajstić information content (AvgIpc) is 3.29. The van der Waals surface area contributed by atoms with Crippen molar-refractivity contribution in [1.29, 1.82) is 0 Å². The van der Waals surface area contributed by atoms with Crippen LogP contribution in [-0.4, -0.2) is 19.4 Å². The van der Waals surface area contributed by atoms with Gasteiger partial charge in [0, 0.05) is 16.6 Å². The van der Waals surface area contributed by atoms with E-state index in [1.807, 2.05) is 54.8 Å². The highest BCUT2D eigenvalue weighted by Gasteiger charge is 2.19. The number of carbonyl (C=O) groups is 1. The van der Waals surface area contributed by atoms with Crippen molar-refractivity contribution in [2.45, 2.75) is 25.3 Å². The predicted molar refractivity (Wildman–Crippen MR) is 130 cm³/mol. The summed E-state index contributed by atoms with van der Waals surface area (Å²) in [5.74, 6) is -0.603. The number of ether oxygens (including phenoxy) is 1. The first-order valence-electron chi connectivity index (χ1n) is 10.2. The van der Waals surface area contributed by atoms with Gasteiger partial charge in [0.2, 0.25) is 0 Å². The Hall–Kier alpha value is -3.49. The van der Waals surface area contributed by atoms with Crippen molar-refractivity contribution >= 4 is 33.0 Å². The molecule has 1 N–H and O–H groups in total. The van der Waals surface area contributed by atoms with Crippen molar-refractivity contribution in [3.63, 3.8) is 0 Å². The van der Waals surface area contributed by atoms with Gasteiger partial charge in [-0.1, -0.05) is 54.1 Å². The normalized spacial score (nSPS) is 11.2. The van der Waals surface area contributed by atoms with Crippen LogP contribution in [0.25, 0.3) is 10.6 Å². The van der Waals surface area contributed by atoms with E-state index in [9.17, 15) is 13.2 Å². The fourth-order valence-electron chi connectivity index (χ4n) is 3.13. The minimum absolute atomic E-state index is 0.000199. The Morgan fingerprint density at radius 3 is 2.45 bits per heavy atom. The Labute approximate surface area is 197 Å². The molecule has 0 unspecified atom stereocenters. The summed E-state index contributed by atoms with van der Waals surface area (Å²) in [6.45, 7) is 3.65. The number of esters is 1. The van der Waals surface area contributed by atoms with E-state index >= 15 is 0 Å². The number of sulfonamides is 1. The molecule has 0 amide bonds. The number of hydrogen-bond acceptors (Lipinski definition) is 6. The third kappa shape index (κ3) is 5.47. The molecule has 0 bridgehead atoms. The number of thiazole rings is 1. The minimum atomic E-state index is -3.86. The Kier molecular flexibility index (Phi) is 6.57. The third-order valence-electron chi connectivity index (χ3n) is 4.97. The molecular weight excluding hydrogens is 456 g/mol. The average molecular weight is 479 g/mol. The first-order valence-corrected chi connectivity index (χ1v) is 12.6. The van der Waals surface area contributed by atoms with Crippen LogP contribution >= 0.6 is 11.3 Å². The standard InChI is InChI=1S/C25H22N2O4S2/c1-17-8-11-20(12-9-17)27-33(29,30)22-13-10-18(2)23(14-22)25(28)31-15-21-16-32-24(26-21)19-6-4-3-5-7-19/h3-14,16,27H,15H2,1-2H3. The Balaban J connectivity index is 1.47. The summed E-state index contributed by atoms with van der Waals surface area (Å²) in [5, 5.41) is 2.68. The van der Waals surface area contributed by atoms with Gasteiger partial charge in [0.15, 0.2) is 0 Å². The summed E-state index contributed by atoms with van der Waals surface area (Å²) in [7, 11) is -3.86. The highest BCUT2D eigenvalue weighted by molar-refractivity contribution is 7.92. The SMILES string of the molecule is Cc1ccc(NS(=O)(=O)c2ccc(C)c(C(=O)OCc3csc(-c4ccccc4)n3)c2)cc1. The van der Waals surface area contributed by atoms with E-state index in [1.165, 1.54) is 23.5 Å². The topological polar surface area (TPSA) is 85.4 Å². The van der Waals surface area contributed by atoms with Gasteiger partial charge in [-0.05, 0) is 43.7 Å². The largest absolute Gasteiger partial charge is 0.456 e. The lowest BCUT2D eigenvalue weighted by Crippen LogP contribution is -2.15. The molecule has 1 heterocycles. The number of carbonyl (C=O) groups excluding carboxylic acids is 1. The number of nitrogens with one attached hydrogen (secondary N) is 1. The molecule has 0 saturated heterocycles. The number of aromatic nitrogens is 1. The van der Waals surface area contributed by atoms with Crippen LogP contribution in [0.2, 0.25) is 0 Å². The molecule has 4 rings (SSSR count). The minimum Gasteiger partial charge on any atom is -0.456 e. The molecule has 33 heavy (non-hydrogen) atoms. The molecule has 0 aliphatic heterocycles. The van der Waals surface area contributed by atoms with Crippen LogP contribution < -0.4 is 4.72 Å². The van der Waals surface area contributed by atoms with Crippen LogP contribution in [0.4, 0.5) is 5.69 Å². The number of rotatable bonds is 7. The summed E-state index contributed by atoms with van der Waals surface area (Å²) >= 11 is 1.47. The van der Waals surface area contributed by atoms with Crippen molar-refractivity contribution < 1.29 is 17.9 Å². The zero-order valence-electron chi connectivity index (χ0n) is 18.1. The quantitative estimate of drug-likeness (QED) is 0.350. The highest BCUT2D eigenvalue weighted by Crippen LogP contribution is 2.24. The van der Waals surface area contributed by atoms with Crippen molar-refractivity contribution in [1.82, 2.24) is 4.98 Å². The molecule has 0 radical (unpaired) electrons. The van der Waals surface area contributed by atoms with Gasteiger partial charge in [-0.15, -0.1) is 11.3 Å². The molecule has 6 nitrogen and oxygen atoms in total. The molecule has 0 aliphatic rings.